The lowest BCUT2D eigenvalue weighted by Crippen LogP contribution is -2.51. The van der Waals surface area contributed by atoms with Crippen molar-refractivity contribution in [2.45, 2.75) is 19.4 Å². The van der Waals surface area contributed by atoms with E-state index in [0.717, 1.165) is 57.4 Å². The van der Waals surface area contributed by atoms with Gasteiger partial charge >= 0.3 is 0 Å². The maximum absolute atomic E-state index is 5.72. The molecule has 7 heteroatoms. The Kier molecular flexibility index (Phi) is 11.6. The number of hydrogen-bond acceptors (Lipinski definition) is 4. The summed E-state index contributed by atoms with van der Waals surface area (Å²) in [6.07, 6.45) is 0.936. The molecule has 6 nitrogen and oxygen atoms in total. The molecule has 1 aromatic rings. The van der Waals surface area contributed by atoms with Crippen LogP contribution in [0.25, 0.3) is 0 Å². The third-order valence-electron chi connectivity index (χ3n) is 4.41. The van der Waals surface area contributed by atoms with Crippen molar-refractivity contribution in [1.29, 1.82) is 0 Å². The molecule has 1 saturated heterocycles. The quantitative estimate of drug-likeness (QED) is 0.260. The minimum Gasteiger partial charge on any atom is -0.494 e. The highest BCUT2D eigenvalue weighted by molar-refractivity contribution is 14.0. The van der Waals surface area contributed by atoms with E-state index < -0.39 is 0 Å². The summed E-state index contributed by atoms with van der Waals surface area (Å²) < 4.78 is 5.72. The van der Waals surface area contributed by atoms with Crippen LogP contribution in [0, 0.1) is 0 Å². The Morgan fingerprint density at radius 3 is 2.69 bits per heavy atom. The van der Waals surface area contributed by atoms with E-state index >= 15 is 0 Å². The van der Waals surface area contributed by atoms with Crippen LogP contribution in [-0.2, 0) is 0 Å². The van der Waals surface area contributed by atoms with E-state index in [2.05, 4.69) is 41.5 Å². The number of aliphatic imine (C=N–C) groups is 1. The van der Waals surface area contributed by atoms with Crippen LogP contribution in [0.15, 0.2) is 35.3 Å². The highest BCUT2D eigenvalue weighted by Crippen LogP contribution is 2.08. The summed E-state index contributed by atoms with van der Waals surface area (Å²) in [7, 11) is 4.37. The number of guanidine groups is 1. The fraction of sp³-hybridized carbons (Fsp3) is 0.632. The third-order valence-corrected chi connectivity index (χ3v) is 4.41. The summed E-state index contributed by atoms with van der Waals surface area (Å²) in [5, 5.41) is 6.72. The van der Waals surface area contributed by atoms with Gasteiger partial charge in [-0.05, 0) is 39.6 Å². The van der Waals surface area contributed by atoms with Crippen LogP contribution in [0.1, 0.15) is 13.3 Å². The maximum atomic E-state index is 5.72. The molecule has 2 rings (SSSR count). The summed E-state index contributed by atoms with van der Waals surface area (Å²) in [5.41, 5.74) is 0. The number of rotatable bonds is 8. The van der Waals surface area contributed by atoms with Gasteiger partial charge in [-0.3, -0.25) is 9.89 Å². The van der Waals surface area contributed by atoms with Gasteiger partial charge in [0, 0.05) is 38.8 Å². The number of nitrogens with zero attached hydrogens (tertiary/aromatic N) is 3. The standard InChI is InChI=1S/C19H33N5O.HI/c1-4-20-19(22-15-17-16-23(2)12-13-24(17)3)21-11-8-14-25-18-9-6-5-7-10-18;/h5-7,9-10,17H,4,8,11-16H2,1-3H3,(H2,20,21,22);1H. The van der Waals surface area contributed by atoms with Gasteiger partial charge in [0.15, 0.2) is 5.96 Å². The molecule has 0 aliphatic carbocycles. The zero-order valence-corrected chi connectivity index (χ0v) is 18.6. The van der Waals surface area contributed by atoms with Gasteiger partial charge in [-0.1, -0.05) is 18.2 Å². The first-order chi connectivity index (χ1) is 12.2. The molecule has 1 fully saturated rings. The van der Waals surface area contributed by atoms with Crippen LogP contribution < -0.4 is 15.4 Å². The fourth-order valence-corrected chi connectivity index (χ4v) is 2.82. The number of piperazine rings is 1. The van der Waals surface area contributed by atoms with Gasteiger partial charge in [0.05, 0.1) is 13.2 Å². The predicted octanol–water partition coefficient (Wildman–Crippen LogP) is 1.87. The third kappa shape index (κ3) is 8.55. The first-order valence-electron chi connectivity index (χ1n) is 9.28. The maximum Gasteiger partial charge on any atom is 0.191 e. The lowest BCUT2D eigenvalue weighted by molar-refractivity contribution is 0.119. The second kappa shape index (κ2) is 13.2. The van der Waals surface area contributed by atoms with Crippen molar-refractivity contribution in [2.75, 3.05) is 60.0 Å². The number of hydrogen-bond donors (Lipinski definition) is 2. The molecule has 2 N–H and O–H groups in total. The average molecular weight is 475 g/mol. The van der Waals surface area contributed by atoms with Crippen LogP contribution >= 0.6 is 24.0 Å². The van der Waals surface area contributed by atoms with Crippen LogP contribution in [-0.4, -0.2) is 81.8 Å². The Bertz CT molecular complexity index is 514. The molecule has 0 aromatic heterocycles. The second-order valence-electron chi connectivity index (χ2n) is 6.56. The fourth-order valence-electron chi connectivity index (χ4n) is 2.82. The molecule has 0 bridgehead atoms. The smallest absolute Gasteiger partial charge is 0.191 e. The number of para-hydroxylation sites is 1. The minimum absolute atomic E-state index is 0. The molecular weight excluding hydrogens is 441 g/mol. The van der Waals surface area contributed by atoms with Crippen LogP contribution in [0.3, 0.4) is 0 Å². The van der Waals surface area contributed by atoms with Gasteiger partial charge < -0.3 is 20.3 Å². The molecule has 0 spiro atoms. The minimum atomic E-state index is 0. The molecule has 1 unspecified atom stereocenters. The summed E-state index contributed by atoms with van der Waals surface area (Å²) in [4.78, 5) is 9.54. The topological polar surface area (TPSA) is 52.1 Å². The molecule has 0 saturated carbocycles. The van der Waals surface area contributed by atoms with Crippen molar-refractivity contribution in [2.24, 2.45) is 4.99 Å². The Balaban J connectivity index is 0.00000338. The van der Waals surface area contributed by atoms with E-state index in [0.29, 0.717) is 12.6 Å². The Labute approximate surface area is 175 Å². The number of benzene rings is 1. The van der Waals surface area contributed by atoms with Gasteiger partial charge in [0.1, 0.15) is 5.75 Å². The normalized spacial score (nSPS) is 18.9. The predicted molar refractivity (Wildman–Crippen MR) is 120 cm³/mol. The zero-order valence-electron chi connectivity index (χ0n) is 16.3. The SMILES string of the molecule is CCNC(=NCC1CN(C)CCN1C)NCCCOc1ccccc1.I. The van der Waals surface area contributed by atoms with E-state index in [1.165, 1.54) is 0 Å². The molecule has 26 heavy (non-hydrogen) atoms. The molecule has 1 atom stereocenters. The molecule has 0 amide bonds. The van der Waals surface area contributed by atoms with Crippen molar-refractivity contribution in [1.82, 2.24) is 20.4 Å². The Hall–Kier alpha value is -1.06. The number of ether oxygens (including phenoxy) is 1. The van der Waals surface area contributed by atoms with Gasteiger partial charge in [0.2, 0.25) is 0 Å². The summed E-state index contributed by atoms with van der Waals surface area (Å²) in [5.74, 6) is 1.82. The first-order valence-corrected chi connectivity index (χ1v) is 9.28. The van der Waals surface area contributed by atoms with Crippen LogP contribution in [0.4, 0.5) is 0 Å². The average Bonchev–Trinajstić information content (AvgIpc) is 2.62. The number of nitrogens with one attached hydrogen (secondary N) is 2. The molecule has 1 aliphatic heterocycles. The van der Waals surface area contributed by atoms with E-state index in [9.17, 15) is 0 Å². The van der Waals surface area contributed by atoms with Crippen LogP contribution in [0.2, 0.25) is 0 Å². The van der Waals surface area contributed by atoms with Gasteiger partial charge in [-0.15, -0.1) is 24.0 Å². The summed E-state index contributed by atoms with van der Waals surface area (Å²) >= 11 is 0. The van der Waals surface area contributed by atoms with Crippen molar-refractivity contribution in [3.8, 4) is 5.75 Å². The highest BCUT2D eigenvalue weighted by Gasteiger charge is 2.21. The largest absolute Gasteiger partial charge is 0.494 e. The Morgan fingerprint density at radius 2 is 1.96 bits per heavy atom. The highest BCUT2D eigenvalue weighted by atomic mass is 127. The van der Waals surface area contributed by atoms with Crippen molar-refractivity contribution < 1.29 is 4.74 Å². The van der Waals surface area contributed by atoms with Crippen LogP contribution in [0.5, 0.6) is 5.75 Å². The van der Waals surface area contributed by atoms with E-state index in [1.807, 2.05) is 30.3 Å². The zero-order chi connectivity index (χ0) is 17.9. The molecular formula is C19H34IN5O. The number of likely N-dealkylation sites (N-methyl/N-ethyl adjacent to an activating group) is 2. The molecule has 1 aliphatic rings. The molecule has 0 radical (unpaired) electrons. The second-order valence-corrected chi connectivity index (χ2v) is 6.56. The van der Waals surface area contributed by atoms with Crippen molar-refractivity contribution in [3.63, 3.8) is 0 Å². The number of halogens is 1. The first kappa shape index (κ1) is 23.0. The van der Waals surface area contributed by atoms with Gasteiger partial charge in [0.25, 0.3) is 0 Å². The van der Waals surface area contributed by atoms with Crippen molar-refractivity contribution >= 4 is 29.9 Å². The van der Waals surface area contributed by atoms with E-state index in [1.54, 1.807) is 0 Å². The monoisotopic (exact) mass is 475 g/mol. The molecule has 148 valence electrons. The molecule has 1 aromatic carbocycles. The summed E-state index contributed by atoms with van der Waals surface area (Å²) in [6.45, 7) is 8.64. The van der Waals surface area contributed by atoms with Crippen molar-refractivity contribution in [3.05, 3.63) is 30.3 Å². The van der Waals surface area contributed by atoms with Gasteiger partial charge in [-0.25, -0.2) is 0 Å². The summed E-state index contributed by atoms with van der Waals surface area (Å²) in [6, 6.07) is 10.4. The Morgan fingerprint density at radius 1 is 1.19 bits per heavy atom. The lowest BCUT2D eigenvalue weighted by Gasteiger charge is -2.36. The lowest BCUT2D eigenvalue weighted by atomic mass is 10.2. The van der Waals surface area contributed by atoms with E-state index in [-0.39, 0.29) is 24.0 Å². The van der Waals surface area contributed by atoms with Gasteiger partial charge in [-0.2, -0.15) is 0 Å². The van der Waals surface area contributed by atoms with E-state index in [4.69, 9.17) is 9.73 Å². The molecule has 1 heterocycles.